The third kappa shape index (κ3) is 6.57. The molecule has 204 valence electrons. The van der Waals surface area contributed by atoms with Crippen molar-refractivity contribution in [2.75, 3.05) is 25.6 Å². The number of esters is 1. The molecule has 0 aliphatic carbocycles. The Kier molecular flexibility index (Phi) is 8.86. The van der Waals surface area contributed by atoms with E-state index in [9.17, 15) is 24.3 Å². The van der Waals surface area contributed by atoms with E-state index in [2.05, 4.69) is 20.4 Å². The van der Waals surface area contributed by atoms with Gasteiger partial charge < -0.3 is 30.3 Å². The summed E-state index contributed by atoms with van der Waals surface area (Å²) in [6.45, 7) is -0.553. The molecule has 3 atom stereocenters. The number of methoxy groups -OCH3 is 1. The molecule has 2 heterocycles. The number of carbonyl (C=O) groups is 4. The highest BCUT2D eigenvalue weighted by Gasteiger charge is 2.45. The van der Waals surface area contributed by atoms with Gasteiger partial charge in [-0.05, 0) is 23.3 Å². The molecule has 2 aromatic carbocycles. The number of nitrogens with one attached hydrogen (secondary N) is 2. The number of amides is 4. The van der Waals surface area contributed by atoms with Crippen LogP contribution < -0.4 is 15.4 Å². The van der Waals surface area contributed by atoms with E-state index in [0.29, 0.717) is 11.3 Å². The maximum atomic E-state index is 13.5. The minimum Gasteiger partial charge on any atom is -0.491 e. The van der Waals surface area contributed by atoms with Crippen molar-refractivity contribution >= 4 is 40.3 Å². The van der Waals surface area contributed by atoms with Crippen LogP contribution in [0.15, 0.2) is 60.0 Å². The lowest BCUT2D eigenvalue weighted by molar-refractivity contribution is -0.134. The first-order valence-corrected chi connectivity index (χ1v) is 12.7. The predicted molar refractivity (Wildman–Crippen MR) is 139 cm³/mol. The quantitative estimate of drug-likeness (QED) is 0.203. The van der Waals surface area contributed by atoms with Gasteiger partial charge in [-0.1, -0.05) is 42.5 Å². The molecule has 4 rings (SSSR count). The zero-order valence-corrected chi connectivity index (χ0v) is 21.6. The number of hydrogen-bond acceptors (Lipinski definition) is 10. The maximum absolute atomic E-state index is 13.5. The van der Waals surface area contributed by atoms with Crippen LogP contribution in [0.4, 0.5) is 9.93 Å². The first-order chi connectivity index (χ1) is 18.8. The van der Waals surface area contributed by atoms with E-state index in [4.69, 9.17) is 9.84 Å². The molecular formula is C26H26N4O8S. The van der Waals surface area contributed by atoms with Crippen molar-refractivity contribution in [3.63, 3.8) is 0 Å². The second-order valence-electron chi connectivity index (χ2n) is 8.53. The minimum atomic E-state index is -1.21. The maximum Gasteiger partial charge on any atom is 0.357 e. The Morgan fingerprint density at radius 1 is 1.15 bits per heavy atom. The molecule has 1 saturated heterocycles. The van der Waals surface area contributed by atoms with E-state index in [-0.39, 0.29) is 23.9 Å². The van der Waals surface area contributed by atoms with Gasteiger partial charge >= 0.3 is 12.0 Å². The average molecular weight is 555 g/mol. The van der Waals surface area contributed by atoms with Crippen LogP contribution in [-0.4, -0.2) is 76.4 Å². The van der Waals surface area contributed by atoms with Gasteiger partial charge in [-0.25, -0.2) is 19.5 Å². The van der Waals surface area contributed by atoms with Crippen molar-refractivity contribution in [1.29, 1.82) is 0 Å². The zero-order chi connectivity index (χ0) is 27.9. The molecular weight excluding hydrogens is 528 g/mol. The molecule has 3 aromatic rings. The number of anilines is 1. The number of aliphatic hydroxyl groups is 2. The number of urea groups is 1. The molecule has 4 amide bonds. The summed E-state index contributed by atoms with van der Waals surface area (Å²) in [5, 5.41) is 25.1. The molecule has 0 bridgehead atoms. The van der Waals surface area contributed by atoms with Crippen molar-refractivity contribution in [1.82, 2.24) is 15.2 Å². The van der Waals surface area contributed by atoms with Crippen LogP contribution in [0, 0.1) is 0 Å². The molecule has 1 aromatic heterocycles. The van der Waals surface area contributed by atoms with Gasteiger partial charge in [-0.3, -0.25) is 9.59 Å². The van der Waals surface area contributed by atoms with Gasteiger partial charge in [-0.15, -0.1) is 11.3 Å². The highest BCUT2D eigenvalue weighted by atomic mass is 32.1. The van der Waals surface area contributed by atoms with E-state index >= 15 is 0 Å². The van der Waals surface area contributed by atoms with E-state index in [1.54, 1.807) is 48.5 Å². The Hall–Kier alpha value is -4.33. The van der Waals surface area contributed by atoms with Crippen LogP contribution in [0.1, 0.15) is 27.7 Å². The highest BCUT2D eigenvalue weighted by molar-refractivity contribution is 7.14. The molecule has 0 unspecified atom stereocenters. The number of benzene rings is 2. The Bertz CT molecular complexity index is 1330. The molecule has 12 nitrogen and oxygen atoms in total. The molecule has 39 heavy (non-hydrogen) atoms. The lowest BCUT2D eigenvalue weighted by Gasteiger charge is -2.24. The van der Waals surface area contributed by atoms with Crippen molar-refractivity contribution < 1.29 is 38.9 Å². The fraction of sp³-hybridized carbons (Fsp3) is 0.269. The number of nitrogens with zero attached hydrogens (tertiary/aromatic N) is 2. The Morgan fingerprint density at radius 3 is 2.54 bits per heavy atom. The van der Waals surface area contributed by atoms with E-state index < -0.39 is 48.6 Å². The largest absolute Gasteiger partial charge is 0.491 e. The smallest absolute Gasteiger partial charge is 0.357 e. The van der Waals surface area contributed by atoms with Crippen molar-refractivity contribution in [2.45, 2.75) is 24.6 Å². The predicted octanol–water partition coefficient (Wildman–Crippen LogP) is 1.50. The van der Waals surface area contributed by atoms with E-state index in [1.807, 2.05) is 6.07 Å². The number of aromatic nitrogens is 1. The van der Waals surface area contributed by atoms with Crippen LogP contribution in [-0.2, 0) is 20.7 Å². The molecule has 1 fully saturated rings. The van der Waals surface area contributed by atoms with E-state index in [0.717, 1.165) is 21.8 Å². The van der Waals surface area contributed by atoms with Crippen LogP contribution in [0.25, 0.3) is 0 Å². The number of ether oxygens (including phenoxy) is 2. The number of hydrogen-bond donors (Lipinski definition) is 4. The monoisotopic (exact) mass is 554 g/mol. The Balaban J connectivity index is 1.54. The summed E-state index contributed by atoms with van der Waals surface area (Å²) < 4.78 is 10.0. The van der Waals surface area contributed by atoms with Crippen LogP contribution >= 0.6 is 11.3 Å². The Labute approximate surface area is 227 Å². The lowest BCUT2D eigenvalue weighted by atomic mass is 10.0. The summed E-state index contributed by atoms with van der Waals surface area (Å²) in [5.74, 6) is -1.53. The van der Waals surface area contributed by atoms with E-state index in [1.165, 1.54) is 12.5 Å². The molecule has 13 heteroatoms. The van der Waals surface area contributed by atoms with Crippen LogP contribution in [0.3, 0.4) is 0 Å². The van der Waals surface area contributed by atoms with Gasteiger partial charge in [0.2, 0.25) is 5.91 Å². The fourth-order valence-electron chi connectivity index (χ4n) is 3.87. The standard InChI is InChI=1S/C26H26N4O8S/c1-37-24(35)19-14-39-25(27-19)29-22(33)20(11-15-5-3-2-4-6-15)30-23(34)21(28-26(30)36)16-7-9-18(10-8-16)38-13-17(32)12-31/h2-10,14,17,20-21,31-32H,11-13H2,1H3,(H,28,36)(H,27,29,33)/t17-,20-,21+/m0/s1. The second kappa shape index (κ2) is 12.5. The SMILES string of the molecule is COC(=O)c1csc(NC(=O)[C@H](Cc2ccccc2)N2C(=O)N[C@H](c3ccc(OC[C@@H](O)CO)cc3)C2=O)n1. The summed E-state index contributed by atoms with van der Waals surface area (Å²) in [6.07, 6.45) is -0.980. The topological polar surface area (TPSA) is 167 Å². The van der Waals surface area contributed by atoms with Crippen molar-refractivity contribution in [3.05, 3.63) is 76.8 Å². The molecule has 1 aliphatic rings. The highest BCUT2D eigenvalue weighted by Crippen LogP contribution is 2.27. The van der Waals surface area contributed by atoms with Crippen molar-refractivity contribution in [2.24, 2.45) is 0 Å². The number of carbonyl (C=O) groups excluding carboxylic acids is 4. The van der Waals surface area contributed by atoms with Crippen LogP contribution in [0.2, 0.25) is 0 Å². The van der Waals surface area contributed by atoms with Crippen LogP contribution in [0.5, 0.6) is 5.75 Å². The summed E-state index contributed by atoms with van der Waals surface area (Å²) >= 11 is 1.01. The molecule has 4 N–H and O–H groups in total. The summed E-state index contributed by atoms with van der Waals surface area (Å²) in [7, 11) is 1.21. The number of thiazole rings is 1. The Morgan fingerprint density at radius 2 is 1.87 bits per heavy atom. The summed E-state index contributed by atoms with van der Waals surface area (Å²) in [5.41, 5.74) is 1.21. The lowest BCUT2D eigenvalue weighted by Crippen LogP contribution is -2.49. The zero-order valence-electron chi connectivity index (χ0n) is 20.8. The summed E-state index contributed by atoms with van der Waals surface area (Å²) in [4.78, 5) is 56.6. The van der Waals surface area contributed by atoms with Gasteiger partial charge in [0.1, 0.15) is 30.5 Å². The minimum absolute atomic E-state index is 0.0192. The summed E-state index contributed by atoms with van der Waals surface area (Å²) in [6, 6.07) is 12.3. The first kappa shape index (κ1) is 27.7. The normalized spacial score (nSPS) is 16.4. The number of imide groups is 1. The van der Waals surface area contributed by atoms with Gasteiger partial charge in [0, 0.05) is 11.8 Å². The molecule has 0 saturated carbocycles. The van der Waals surface area contributed by atoms with Gasteiger partial charge in [0.25, 0.3) is 5.91 Å². The van der Waals surface area contributed by atoms with Gasteiger partial charge in [0.15, 0.2) is 10.8 Å². The first-order valence-electron chi connectivity index (χ1n) is 11.8. The molecule has 0 radical (unpaired) electrons. The third-order valence-electron chi connectivity index (χ3n) is 5.85. The van der Waals surface area contributed by atoms with Gasteiger partial charge in [-0.2, -0.15) is 0 Å². The number of rotatable bonds is 11. The van der Waals surface area contributed by atoms with Crippen molar-refractivity contribution in [3.8, 4) is 5.75 Å². The van der Waals surface area contributed by atoms with Gasteiger partial charge in [0.05, 0.1) is 13.7 Å². The molecule has 1 aliphatic heterocycles. The molecule has 0 spiro atoms. The average Bonchev–Trinajstić information content (AvgIpc) is 3.54. The fourth-order valence-corrected chi connectivity index (χ4v) is 4.56. The number of aliphatic hydroxyl groups excluding tert-OH is 2. The second-order valence-corrected chi connectivity index (χ2v) is 9.39. The third-order valence-corrected chi connectivity index (χ3v) is 6.61.